The molecule has 5 amide bonds. The molecule has 2 aliphatic heterocycles. The molecular weight excluding hydrogens is 410 g/mol. The number of hydrogen-bond acceptors (Lipinski definition) is 5. The van der Waals surface area contributed by atoms with Crippen molar-refractivity contribution in [3.05, 3.63) is 60.2 Å². The zero-order valence-electron chi connectivity index (χ0n) is 17.5. The van der Waals surface area contributed by atoms with Crippen LogP contribution in [0, 0.1) is 0 Å². The number of anilines is 1. The van der Waals surface area contributed by atoms with Gasteiger partial charge in [-0.05, 0) is 30.5 Å². The van der Waals surface area contributed by atoms with Crippen LogP contribution in [0.3, 0.4) is 0 Å². The van der Waals surface area contributed by atoms with Gasteiger partial charge in [0.25, 0.3) is 0 Å². The molecule has 164 valence electrons. The molecule has 0 N–H and O–H groups in total. The quantitative estimate of drug-likeness (QED) is 0.547. The van der Waals surface area contributed by atoms with Crippen molar-refractivity contribution in [2.24, 2.45) is 0 Å². The molecule has 0 radical (unpaired) electrons. The smallest absolute Gasteiger partial charge is 0.334 e. The number of hydrogen-bond donors (Lipinski definition) is 0. The van der Waals surface area contributed by atoms with Crippen LogP contribution in [0.15, 0.2) is 54.6 Å². The van der Waals surface area contributed by atoms with Gasteiger partial charge >= 0.3 is 17.8 Å². The van der Waals surface area contributed by atoms with E-state index in [-0.39, 0.29) is 12.6 Å². The standard InChI is InChI=1S/C24H23N3O5/c28-21(14-25-22(29)23(30)26(24(25)31)17-10-4-5-11-17)27-18-12-6-7-13-20(18)32-15-19(27)16-8-2-1-3-9-16/h1-3,6-9,12-13,17,19H,4-5,10-11,14-15H2. The summed E-state index contributed by atoms with van der Waals surface area (Å²) < 4.78 is 5.88. The van der Waals surface area contributed by atoms with Crippen LogP contribution in [-0.4, -0.2) is 52.7 Å². The molecule has 1 unspecified atom stereocenters. The molecule has 2 aromatic rings. The number of ether oxygens (including phenoxy) is 1. The number of imide groups is 2. The molecule has 1 aliphatic carbocycles. The highest BCUT2D eigenvalue weighted by Gasteiger charge is 2.49. The summed E-state index contributed by atoms with van der Waals surface area (Å²) in [6.07, 6.45) is 3.22. The molecule has 3 aliphatic rings. The summed E-state index contributed by atoms with van der Waals surface area (Å²) in [5.74, 6) is -1.67. The molecular formula is C24H23N3O5. The fraction of sp³-hybridized carbons (Fsp3) is 0.333. The molecule has 2 heterocycles. The number of benzene rings is 2. The van der Waals surface area contributed by atoms with E-state index in [1.54, 1.807) is 23.1 Å². The van der Waals surface area contributed by atoms with Gasteiger partial charge in [0.05, 0.1) is 11.7 Å². The third-order valence-corrected chi connectivity index (χ3v) is 6.35. The van der Waals surface area contributed by atoms with Crippen molar-refractivity contribution in [2.75, 3.05) is 18.1 Å². The number of para-hydroxylation sites is 2. The van der Waals surface area contributed by atoms with Gasteiger partial charge in [-0.1, -0.05) is 55.3 Å². The van der Waals surface area contributed by atoms with Crippen molar-refractivity contribution in [1.82, 2.24) is 9.80 Å². The van der Waals surface area contributed by atoms with E-state index in [2.05, 4.69) is 0 Å². The first-order chi connectivity index (χ1) is 15.6. The van der Waals surface area contributed by atoms with Crippen molar-refractivity contribution in [1.29, 1.82) is 0 Å². The molecule has 0 spiro atoms. The number of fused-ring (bicyclic) bond motifs is 1. The molecule has 1 saturated carbocycles. The largest absolute Gasteiger partial charge is 0.489 e. The number of amides is 5. The highest BCUT2D eigenvalue weighted by molar-refractivity contribution is 6.45. The van der Waals surface area contributed by atoms with Gasteiger partial charge < -0.3 is 4.74 Å². The SMILES string of the molecule is O=C1C(=O)N(C2CCCC2)C(=O)N1CC(=O)N1c2ccccc2OCC1c1ccccc1. The zero-order chi connectivity index (χ0) is 22.2. The molecule has 2 fully saturated rings. The van der Waals surface area contributed by atoms with Crippen LogP contribution in [0.2, 0.25) is 0 Å². The van der Waals surface area contributed by atoms with Crippen molar-refractivity contribution in [3.8, 4) is 5.75 Å². The summed E-state index contributed by atoms with van der Waals surface area (Å²) in [6.45, 7) is -0.258. The van der Waals surface area contributed by atoms with E-state index >= 15 is 0 Å². The Morgan fingerprint density at radius 2 is 1.59 bits per heavy atom. The molecule has 8 heteroatoms. The first-order valence-electron chi connectivity index (χ1n) is 10.8. The zero-order valence-corrected chi connectivity index (χ0v) is 17.5. The van der Waals surface area contributed by atoms with Crippen LogP contribution in [0.4, 0.5) is 10.5 Å². The second-order valence-electron chi connectivity index (χ2n) is 8.26. The van der Waals surface area contributed by atoms with E-state index in [1.165, 1.54) is 0 Å². The Kier molecular flexibility index (Phi) is 5.13. The fourth-order valence-electron chi connectivity index (χ4n) is 4.78. The average molecular weight is 433 g/mol. The summed E-state index contributed by atoms with van der Waals surface area (Å²) >= 11 is 0. The van der Waals surface area contributed by atoms with E-state index < -0.39 is 36.3 Å². The summed E-state index contributed by atoms with van der Waals surface area (Å²) in [5.41, 5.74) is 1.44. The lowest BCUT2D eigenvalue weighted by Crippen LogP contribution is -2.48. The maximum Gasteiger partial charge on any atom is 0.334 e. The third kappa shape index (κ3) is 3.32. The van der Waals surface area contributed by atoms with Crippen molar-refractivity contribution in [2.45, 2.75) is 37.8 Å². The lowest BCUT2D eigenvalue weighted by Gasteiger charge is -2.37. The molecule has 2 aromatic carbocycles. The number of nitrogens with zero attached hydrogens (tertiary/aromatic N) is 3. The van der Waals surface area contributed by atoms with Gasteiger partial charge in [0.1, 0.15) is 18.9 Å². The van der Waals surface area contributed by atoms with Gasteiger partial charge in [-0.15, -0.1) is 0 Å². The Morgan fingerprint density at radius 3 is 2.34 bits per heavy atom. The van der Waals surface area contributed by atoms with E-state index in [4.69, 9.17) is 4.74 Å². The molecule has 32 heavy (non-hydrogen) atoms. The highest BCUT2D eigenvalue weighted by Crippen LogP contribution is 2.39. The minimum absolute atomic E-state index is 0.238. The predicted molar refractivity (Wildman–Crippen MR) is 115 cm³/mol. The van der Waals surface area contributed by atoms with Gasteiger partial charge in [0.2, 0.25) is 5.91 Å². The topological polar surface area (TPSA) is 87.2 Å². The van der Waals surface area contributed by atoms with Crippen LogP contribution in [0.25, 0.3) is 0 Å². The van der Waals surface area contributed by atoms with Gasteiger partial charge in [0.15, 0.2) is 0 Å². The van der Waals surface area contributed by atoms with E-state index in [9.17, 15) is 19.2 Å². The molecule has 0 aromatic heterocycles. The maximum atomic E-state index is 13.5. The maximum absolute atomic E-state index is 13.5. The molecule has 1 atom stereocenters. The Hall–Kier alpha value is -3.68. The van der Waals surface area contributed by atoms with Crippen LogP contribution in [-0.2, 0) is 14.4 Å². The number of urea groups is 1. The van der Waals surface area contributed by atoms with Crippen molar-refractivity contribution >= 4 is 29.4 Å². The van der Waals surface area contributed by atoms with Gasteiger partial charge in [-0.25, -0.2) is 9.69 Å². The summed E-state index contributed by atoms with van der Waals surface area (Å²) in [5, 5.41) is 0. The average Bonchev–Trinajstić information content (AvgIpc) is 3.42. The Morgan fingerprint density at radius 1 is 0.906 bits per heavy atom. The first-order valence-corrected chi connectivity index (χ1v) is 10.8. The third-order valence-electron chi connectivity index (χ3n) is 6.35. The second kappa shape index (κ2) is 8.11. The van der Waals surface area contributed by atoms with Crippen LogP contribution < -0.4 is 9.64 Å². The minimum Gasteiger partial charge on any atom is -0.489 e. The van der Waals surface area contributed by atoms with Gasteiger partial charge in [-0.3, -0.25) is 24.2 Å². The minimum atomic E-state index is -0.937. The monoisotopic (exact) mass is 433 g/mol. The summed E-state index contributed by atoms with van der Waals surface area (Å²) in [6, 6.07) is 15.2. The fourth-order valence-corrected chi connectivity index (χ4v) is 4.78. The highest BCUT2D eigenvalue weighted by atomic mass is 16.5. The van der Waals surface area contributed by atoms with E-state index in [0.29, 0.717) is 24.3 Å². The van der Waals surface area contributed by atoms with Crippen LogP contribution in [0.5, 0.6) is 5.75 Å². The Bertz CT molecular complexity index is 1080. The predicted octanol–water partition coefficient (Wildman–Crippen LogP) is 2.89. The number of carbonyl (C=O) groups excluding carboxylic acids is 4. The molecule has 1 saturated heterocycles. The second-order valence-corrected chi connectivity index (χ2v) is 8.26. The first kappa shape index (κ1) is 20.2. The normalized spacial score (nSPS) is 21.2. The number of carbonyl (C=O) groups is 4. The van der Waals surface area contributed by atoms with Gasteiger partial charge in [-0.2, -0.15) is 0 Å². The molecule has 0 bridgehead atoms. The summed E-state index contributed by atoms with van der Waals surface area (Å²) in [4.78, 5) is 55.0. The number of rotatable bonds is 4. The Balaban J connectivity index is 1.44. The molecule has 8 nitrogen and oxygen atoms in total. The lowest BCUT2D eigenvalue weighted by molar-refractivity contribution is -0.144. The Labute approximate surface area is 185 Å². The van der Waals surface area contributed by atoms with Crippen LogP contribution >= 0.6 is 0 Å². The molecule has 5 rings (SSSR count). The van der Waals surface area contributed by atoms with Gasteiger partial charge in [0, 0.05) is 6.04 Å². The summed E-state index contributed by atoms with van der Waals surface area (Å²) in [7, 11) is 0. The van der Waals surface area contributed by atoms with E-state index in [0.717, 1.165) is 28.2 Å². The van der Waals surface area contributed by atoms with Crippen molar-refractivity contribution in [3.63, 3.8) is 0 Å². The van der Waals surface area contributed by atoms with Crippen molar-refractivity contribution < 1.29 is 23.9 Å². The lowest BCUT2D eigenvalue weighted by atomic mass is 10.0. The van der Waals surface area contributed by atoms with E-state index in [1.807, 2.05) is 36.4 Å². The van der Waals surface area contributed by atoms with Crippen LogP contribution in [0.1, 0.15) is 37.3 Å².